The Morgan fingerprint density at radius 3 is 2.94 bits per heavy atom. The summed E-state index contributed by atoms with van der Waals surface area (Å²) in [4.78, 5) is 4.44. The fraction of sp³-hybridized carbons (Fsp3) is 0.357. The highest BCUT2D eigenvalue weighted by molar-refractivity contribution is 5.61. The number of hydrogen-bond donors (Lipinski definition) is 1. The summed E-state index contributed by atoms with van der Waals surface area (Å²) in [5.74, 6) is 0.998. The molecule has 2 N–H and O–H groups in total. The summed E-state index contributed by atoms with van der Waals surface area (Å²) in [6.07, 6.45) is 6.23. The number of nitrogens with zero attached hydrogens (tertiary/aromatic N) is 2. The van der Waals surface area contributed by atoms with Crippen LogP contribution in [0.1, 0.15) is 32.7 Å². The first-order valence-electron chi connectivity index (χ1n) is 6.11. The zero-order valence-electron chi connectivity index (χ0n) is 10.4. The maximum absolute atomic E-state index is 5.81. The Balaban J connectivity index is 2.36. The first kappa shape index (κ1) is 11.7. The van der Waals surface area contributed by atoms with Crippen molar-refractivity contribution in [3.8, 4) is 11.4 Å². The number of hydrogen-bond acceptors (Lipinski definition) is 2. The van der Waals surface area contributed by atoms with Crippen molar-refractivity contribution in [3.63, 3.8) is 0 Å². The molecule has 0 saturated carbocycles. The van der Waals surface area contributed by atoms with E-state index in [9.17, 15) is 0 Å². The van der Waals surface area contributed by atoms with Crippen LogP contribution in [0.3, 0.4) is 0 Å². The lowest BCUT2D eigenvalue weighted by Crippen LogP contribution is -2.05. The third-order valence-corrected chi connectivity index (χ3v) is 2.99. The van der Waals surface area contributed by atoms with Gasteiger partial charge in [0, 0.05) is 29.7 Å². The van der Waals surface area contributed by atoms with Crippen molar-refractivity contribution in [1.82, 2.24) is 9.55 Å². The van der Waals surface area contributed by atoms with Crippen LogP contribution in [-0.4, -0.2) is 9.55 Å². The average Bonchev–Trinajstić information content (AvgIpc) is 2.78. The van der Waals surface area contributed by atoms with E-state index in [-0.39, 0.29) is 0 Å². The molecule has 0 fully saturated rings. The minimum Gasteiger partial charge on any atom is -0.399 e. The molecule has 3 heteroatoms. The Labute approximate surface area is 102 Å². The molecule has 1 unspecified atom stereocenters. The van der Waals surface area contributed by atoms with Gasteiger partial charge in [-0.05, 0) is 25.5 Å². The van der Waals surface area contributed by atoms with Crippen molar-refractivity contribution < 1.29 is 0 Å². The molecular weight excluding hydrogens is 210 g/mol. The molecule has 1 heterocycles. The van der Waals surface area contributed by atoms with Crippen LogP contribution in [0.15, 0.2) is 36.7 Å². The first-order valence-corrected chi connectivity index (χ1v) is 6.11. The van der Waals surface area contributed by atoms with Gasteiger partial charge in [-0.2, -0.15) is 0 Å². The summed E-state index contributed by atoms with van der Waals surface area (Å²) >= 11 is 0. The van der Waals surface area contributed by atoms with Crippen molar-refractivity contribution in [2.24, 2.45) is 0 Å². The Kier molecular flexibility index (Phi) is 3.47. The molecule has 90 valence electrons. The van der Waals surface area contributed by atoms with Crippen molar-refractivity contribution >= 4 is 5.69 Å². The van der Waals surface area contributed by atoms with E-state index in [1.165, 1.54) is 6.42 Å². The van der Waals surface area contributed by atoms with Gasteiger partial charge in [0.05, 0.1) is 0 Å². The van der Waals surface area contributed by atoms with Crippen LogP contribution in [0.4, 0.5) is 5.69 Å². The number of nitrogen functional groups attached to an aromatic ring is 1. The van der Waals surface area contributed by atoms with Gasteiger partial charge in [0.2, 0.25) is 0 Å². The minimum absolute atomic E-state index is 0.471. The molecule has 1 aromatic heterocycles. The normalized spacial score (nSPS) is 12.6. The fourth-order valence-corrected chi connectivity index (χ4v) is 2.13. The monoisotopic (exact) mass is 229 g/mol. The summed E-state index contributed by atoms with van der Waals surface area (Å²) in [6.45, 7) is 4.43. The number of rotatable bonds is 4. The van der Waals surface area contributed by atoms with E-state index in [1.54, 1.807) is 0 Å². The van der Waals surface area contributed by atoms with Gasteiger partial charge < -0.3 is 10.3 Å². The Morgan fingerprint density at radius 1 is 1.41 bits per heavy atom. The van der Waals surface area contributed by atoms with Gasteiger partial charge in [-0.25, -0.2) is 4.98 Å². The van der Waals surface area contributed by atoms with Gasteiger partial charge in [-0.3, -0.25) is 0 Å². The summed E-state index contributed by atoms with van der Waals surface area (Å²) < 4.78 is 2.22. The quantitative estimate of drug-likeness (QED) is 0.815. The van der Waals surface area contributed by atoms with E-state index in [1.807, 2.05) is 36.7 Å². The molecule has 1 atom stereocenters. The highest BCUT2D eigenvalue weighted by atomic mass is 15.1. The van der Waals surface area contributed by atoms with Gasteiger partial charge in [-0.1, -0.05) is 25.5 Å². The Hall–Kier alpha value is -1.77. The van der Waals surface area contributed by atoms with E-state index < -0.39 is 0 Å². The third-order valence-electron chi connectivity index (χ3n) is 2.99. The maximum atomic E-state index is 5.81. The summed E-state index contributed by atoms with van der Waals surface area (Å²) in [6, 6.07) is 8.35. The molecule has 1 aromatic carbocycles. The van der Waals surface area contributed by atoms with Crippen molar-refractivity contribution in [2.75, 3.05) is 5.73 Å². The van der Waals surface area contributed by atoms with Crippen LogP contribution < -0.4 is 5.73 Å². The van der Waals surface area contributed by atoms with Crippen LogP contribution in [-0.2, 0) is 0 Å². The summed E-state index contributed by atoms with van der Waals surface area (Å²) in [5, 5.41) is 0. The molecule has 0 aliphatic rings. The van der Waals surface area contributed by atoms with E-state index >= 15 is 0 Å². The highest BCUT2D eigenvalue weighted by Crippen LogP contribution is 2.24. The van der Waals surface area contributed by atoms with Crippen LogP contribution in [0.5, 0.6) is 0 Å². The average molecular weight is 229 g/mol. The van der Waals surface area contributed by atoms with Crippen molar-refractivity contribution in [2.45, 2.75) is 32.7 Å². The smallest absolute Gasteiger partial charge is 0.140 e. The molecule has 2 aromatic rings. The van der Waals surface area contributed by atoms with Gasteiger partial charge in [0.1, 0.15) is 5.82 Å². The second kappa shape index (κ2) is 5.04. The lowest BCUT2D eigenvalue weighted by Gasteiger charge is -2.15. The topological polar surface area (TPSA) is 43.8 Å². The molecule has 0 aliphatic heterocycles. The van der Waals surface area contributed by atoms with Crippen LogP contribution in [0.2, 0.25) is 0 Å². The van der Waals surface area contributed by atoms with Crippen molar-refractivity contribution in [1.29, 1.82) is 0 Å². The molecule has 3 nitrogen and oxygen atoms in total. The molecule has 0 bridgehead atoms. The Morgan fingerprint density at radius 2 is 2.24 bits per heavy atom. The van der Waals surface area contributed by atoms with Gasteiger partial charge in [-0.15, -0.1) is 0 Å². The summed E-state index contributed by atoms with van der Waals surface area (Å²) in [7, 11) is 0. The zero-order valence-corrected chi connectivity index (χ0v) is 10.4. The fourth-order valence-electron chi connectivity index (χ4n) is 2.13. The molecule has 0 saturated heterocycles. The predicted molar refractivity (Wildman–Crippen MR) is 71.7 cm³/mol. The highest BCUT2D eigenvalue weighted by Gasteiger charge is 2.10. The number of aromatic nitrogens is 2. The van der Waals surface area contributed by atoms with Crippen LogP contribution in [0.25, 0.3) is 11.4 Å². The van der Waals surface area contributed by atoms with Crippen LogP contribution >= 0.6 is 0 Å². The molecule has 2 rings (SSSR count). The molecule has 0 spiro atoms. The van der Waals surface area contributed by atoms with Crippen LogP contribution in [0, 0.1) is 0 Å². The lowest BCUT2D eigenvalue weighted by atomic mass is 10.1. The first-order chi connectivity index (χ1) is 8.22. The van der Waals surface area contributed by atoms with Crippen molar-refractivity contribution in [3.05, 3.63) is 36.7 Å². The van der Waals surface area contributed by atoms with E-state index in [0.29, 0.717) is 6.04 Å². The zero-order chi connectivity index (χ0) is 12.3. The number of benzene rings is 1. The second-order valence-electron chi connectivity index (χ2n) is 4.42. The van der Waals surface area contributed by atoms with Gasteiger partial charge in [0.15, 0.2) is 0 Å². The molecular formula is C14H19N3. The van der Waals surface area contributed by atoms with E-state index in [4.69, 9.17) is 5.73 Å². The van der Waals surface area contributed by atoms with Gasteiger partial charge >= 0.3 is 0 Å². The number of nitrogens with two attached hydrogens (primary N) is 1. The molecule has 0 amide bonds. The molecule has 0 radical (unpaired) electrons. The second-order valence-corrected chi connectivity index (χ2v) is 4.42. The Bertz CT molecular complexity index is 488. The summed E-state index contributed by atoms with van der Waals surface area (Å²) in [5.41, 5.74) is 7.67. The standard InChI is InChI=1S/C14H19N3/c1-3-5-11(2)17-9-8-16-14(17)12-6-4-7-13(15)10-12/h4,6-11H,3,5,15H2,1-2H3. The van der Waals surface area contributed by atoms with E-state index in [2.05, 4.69) is 23.4 Å². The van der Waals surface area contributed by atoms with Gasteiger partial charge in [0.25, 0.3) is 0 Å². The number of imidazole rings is 1. The lowest BCUT2D eigenvalue weighted by molar-refractivity contribution is 0.505. The maximum Gasteiger partial charge on any atom is 0.140 e. The largest absolute Gasteiger partial charge is 0.399 e. The SMILES string of the molecule is CCCC(C)n1ccnc1-c1cccc(N)c1. The predicted octanol–water partition coefficient (Wildman–Crippen LogP) is 3.49. The number of anilines is 1. The third kappa shape index (κ3) is 2.49. The molecule has 17 heavy (non-hydrogen) atoms. The molecule has 0 aliphatic carbocycles. The minimum atomic E-state index is 0.471. The van der Waals surface area contributed by atoms with E-state index in [0.717, 1.165) is 23.5 Å².